The predicted molar refractivity (Wildman–Crippen MR) is 121 cm³/mol. The van der Waals surface area contributed by atoms with Gasteiger partial charge in [-0.3, -0.25) is 9.69 Å². The summed E-state index contributed by atoms with van der Waals surface area (Å²) in [5.74, 6) is 1.02. The van der Waals surface area contributed by atoms with E-state index in [9.17, 15) is 4.79 Å². The number of halogens is 1. The van der Waals surface area contributed by atoms with Crippen LogP contribution < -0.4 is 0 Å². The van der Waals surface area contributed by atoms with E-state index in [4.69, 9.17) is 20.8 Å². The second-order valence-corrected chi connectivity index (χ2v) is 9.24. The molecule has 4 nitrogen and oxygen atoms in total. The zero-order valence-electron chi connectivity index (χ0n) is 18.5. The number of furan rings is 1. The molecule has 1 unspecified atom stereocenters. The minimum Gasteiger partial charge on any atom is -0.469 e. The first-order valence-corrected chi connectivity index (χ1v) is 11.5. The molecule has 2 aromatic rings. The standard InChI is InChI=1S/C25H34ClNO3/c1-4-29-24(28)25(2,3)15-9-5-6-12-22(20-10-7-8-11-21(20)26)27-16-13-23-19(18-27)14-17-30-23/h7-8,10-11,14,17,22H,4-6,9,12-13,15-16,18H2,1-3H3. The molecule has 3 rings (SSSR count). The largest absolute Gasteiger partial charge is 0.469 e. The van der Waals surface area contributed by atoms with Gasteiger partial charge in [-0.05, 0) is 51.3 Å². The van der Waals surface area contributed by atoms with Crippen molar-refractivity contribution in [3.8, 4) is 0 Å². The lowest BCUT2D eigenvalue weighted by atomic mass is 9.86. The number of fused-ring (bicyclic) bond motifs is 1. The second-order valence-electron chi connectivity index (χ2n) is 8.83. The highest BCUT2D eigenvalue weighted by Crippen LogP contribution is 2.35. The van der Waals surface area contributed by atoms with Gasteiger partial charge in [-0.2, -0.15) is 0 Å². The average Bonchev–Trinajstić information content (AvgIpc) is 3.19. The fraction of sp³-hybridized carbons (Fsp3) is 0.560. The number of esters is 1. The van der Waals surface area contributed by atoms with Crippen molar-refractivity contribution in [1.29, 1.82) is 0 Å². The van der Waals surface area contributed by atoms with Crippen molar-refractivity contribution in [3.05, 3.63) is 58.5 Å². The first-order valence-electron chi connectivity index (χ1n) is 11.1. The summed E-state index contributed by atoms with van der Waals surface area (Å²) >= 11 is 6.59. The molecule has 1 aliphatic rings. The summed E-state index contributed by atoms with van der Waals surface area (Å²) in [5, 5.41) is 0.837. The van der Waals surface area contributed by atoms with Crippen LogP contribution in [0.2, 0.25) is 5.02 Å². The van der Waals surface area contributed by atoms with Crippen molar-refractivity contribution in [3.63, 3.8) is 0 Å². The van der Waals surface area contributed by atoms with Crippen molar-refractivity contribution in [2.45, 2.75) is 71.9 Å². The van der Waals surface area contributed by atoms with Gasteiger partial charge in [-0.25, -0.2) is 0 Å². The lowest BCUT2D eigenvalue weighted by Crippen LogP contribution is -2.34. The number of rotatable bonds is 10. The van der Waals surface area contributed by atoms with Gasteiger partial charge in [0.1, 0.15) is 5.76 Å². The third-order valence-electron chi connectivity index (χ3n) is 6.15. The van der Waals surface area contributed by atoms with Crippen LogP contribution in [-0.2, 0) is 22.5 Å². The highest BCUT2D eigenvalue weighted by atomic mass is 35.5. The van der Waals surface area contributed by atoms with Gasteiger partial charge in [0.2, 0.25) is 0 Å². The van der Waals surface area contributed by atoms with Crippen LogP contribution in [0, 0.1) is 5.41 Å². The number of benzene rings is 1. The zero-order chi connectivity index (χ0) is 21.6. The SMILES string of the molecule is CCOC(=O)C(C)(C)CCCCCC(c1ccccc1Cl)N1CCc2occc2C1. The van der Waals surface area contributed by atoms with Crippen molar-refractivity contribution >= 4 is 17.6 Å². The smallest absolute Gasteiger partial charge is 0.311 e. The lowest BCUT2D eigenvalue weighted by Gasteiger charge is -2.35. The van der Waals surface area contributed by atoms with E-state index in [2.05, 4.69) is 23.1 Å². The molecule has 30 heavy (non-hydrogen) atoms. The van der Waals surface area contributed by atoms with Gasteiger partial charge in [0.25, 0.3) is 0 Å². The van der Waals surface area contributed by atoms with Crippen LogP contribution in [0.1, 0.15) is 75.8 Å². The highest BCUT2D eigenvalue weighted by Gasteiger charge is 2.29. The molecule has 0 amide bonds. The monoisotopic (exact) mass is 431 g/mol. The van der Waals surface area contributed by atoms with Crippen molar-refractivity contribution in [2.75, 3.05) is 13.2 Å². The fourth-order valence-electron chi connectivity index (χ4n) is 4.33. The highest BCUT2D eigenvalue weighted by molar-refractivity contribution is 6.31. The van der Waals surface area contributed by atoms with Crippen LogP contribution in [0.4, 0.5) is 0 Å². The summed E-state index contributed by atoms with van der Waals surface area (Å²) in [6.45, 7) is 8.14. The van der Waals surface area contributed by atoms with E-state index in [0.717, 1.165) is 62.4 Å². The van der Waals surface area contributed by atoms with E-state index >= 15 is 0 Å². The number of nitrogens with zero attached hydrogens (tertiary/aromatic N) is 1. The molecule has 0 saturated heterocycles. The minimum atomic E-state index is -0.414. The Hall–Kier alpha value is -1.78. The molecule has 5 heteroatoms. The molecular formula is C25H34ClNO3. The van der Waals surface area contributed by atoms with E-state index in [-0.39, 0.29) is 5.97 Å². The molecular weight excluding hydrogens is 398 g/mol. The summed E-state index contributed by atoms with van der Waals surface area (Å²) < 4.78 is 10.8. The Balaban J connectivity index is 1.59. The number of hydrogen-bond donors (Lipinski definition) is 0. The number of carbonyl (C=O) groups excluding carboxylic acids is 1. The predicted octanol–water partition coefficient (Wildman–Crippen LogP) is 6.57. The minimum absolute atomic E-state index is 0.0943. The Morgan fingerprint density at radius 1 is 1.23 bits per heavy atom. The van der Waals surface area contributed by atoms with Crippen LogP contribution in [0.15, 0.2) is 41.0 Å². The third-order valence-corrected chi connectivity index (χ3v) is 6.49. The molecule has 1 aromatic carbocycles. The van der Waals surface area contributed by atoms with Gasteiger partial charge in [-0.15, -0.1) is 0 Å². The van der Waals surface area contributed by atoms with Crippen LogP contribution in [0.25, 0.3) is 0 Å². The average molecular weight is 432 g/mol. The van der Waals surface area contributed by atoms with Crippen molar-refractivity contribution < 1.29 is 13.9 Å². The first kappa shape index (κ1) is 22.9. The van der Waals surface area contributed by atoms with E-state index in [0.29, 0.717) is 12.6 Å². The fourth-order valence-corrected chi connectivity index (χ4v) is 4.59. The molecule has 0 aliphatic carbocycles. The van der Waals surface area contributed by atoms with E-state index < -0.39 is 5.41 Å². The maximum atomic E-state index is 12.1. The van der Waals surface area contributed by atoms with E-state index in [1.165, 1.54) is 11.1 Å². The number of unbranched alkanes of at least 4 members (excludes halogenated alkanes) is 2. The Morgan fingerprint density at radius 3 is 2.80 bits per heavy atom. The van der Waals surface area contributed by atoms with E-state index in [1.807, 2.05) is 32.9 Å². The van der Waals surface area contributed by atoms with Gasteiger partial charge in [0, 0.05) is 36.1 Å². The molecule has 1 aliphatic heterocycles. The summed E-state index contributed by atoms with van der Waals surface area (Å²) in [6, 6.07) is 10.6. The first-order chi connectivity index (χ1) is 14.4. The molecule has 0 radical (unpaired) electrons. The third kappa shape index (κ3) is 5.67. The molecule has 0 N–H and O–H groups in total. The van der Waals surface area contributed by atoms with Crippen LogP contribution in [0.3, 0.4) is 0 Å². The molecule has 0 saturated carbocycles. The molecule has 0 spiro atoms. The molecule has 0 bridgehead atoms. The molecule has 2 heterocycles. The normalized spacial score (nSPS) is 15.6. The molecule has 1 atom stereocenters. The lowest BCUT2D eigenvalue weighted by molar-refractivity contribution is -0.153. The number of carbonyl (C=O) groups is 1. The summed E-state index contributed by atoms with van der Waals surface area (Å²) in [6.07, 6.45) is 7.85. The van der Waals surface area contributed by atoms with Crippen molar-refractivity contribution in [1.82, 2.24) is 4.90 Å². The van der Waals surface area contributed by atoms with Crippen molar-refractivity contribution in [2.24, 2.45) is 5.41 Å². The van der Waals surface area contributed by atoms with Gasteiger partial charge >= 0.3 is 5.97 Å². The Morgan fingerprint density at radius 2 is 2.03 bits per heavy atom. The number of hydrogen-bond acceptors (Lipinski definition) is 4. The Labute approximate surface area is 185 Å². The Kier molecular flexibility index (Phi) is 8.01. The van der Waals surface area contributed by atoms with Gasteiger partial charge < -0.3 is 9.15 Å². The zero-order valence-corrected chi connectivity index (χ0v) is 19.2. The topological polar surface area (TPSA) is 42.7 Å². The summed E-state index contributed by atoms with van der Waals surface area (Å²) in [4.78, 5) is 14.6. The van der Waals surface area contributed by atoms with Gasteiger partial charge in [-0.1, -0.05) is 49.1 Å². The molecule has 164 valence electrons. The van der Waals surface area contributed by atoms with Crippen LogP contribution in [0.5, 0.6) is 0 Å². The summed E-state index contributed by atoms with van der Waals surface area (Å²) in [7, 11) is 0. The van der Waals surface area contributed by atoms with Gasteiger partial charge in [0.15, 0.2) is 0 Å². The Bertz CT molecular complexity index is 829. The van der Waals surface area contributed by atoms with Crippen LogP contribution >= 0.6 is 11.6 Å². The maximum Gasteiger partial charge on any atom is 0.311 e. The maximum absolute atomic E-state index is 12.1. The second kappa shape index (κ2) is 10.5. The molecule has 1 aromatic heterocycles. The number of ether oxygens (including phenoxy) is 1. The quantitative estimate of drug-likeness (QED) is 0.315. The summed E-state index contributed by atoms with van der Waals surface area (Å²) in [5.41, 5.74) is 2.08. The van der Waals surface area contributed by atoms with E-state index in [1.54, 1.807) is 6.26 Å². The molecule has 0 fully saturated rings. The van der Waals surface area contributed by atoms with Gasteiger partial charge in [0.05, 0.1) is 18.3 Å². The van der Waals surface area contributed by atoms with Crippen LogP contribution in [-0.4, -0.2) is 24.0 Å².